The van der Waals surface area contributed by atoms with Gasteiger partial charge in [0.05, 0.1) is 22.6 Å². The first-order valence-corrected chi connectivity index (χ1v) is 12.9. The van der Waals surface area contributed by atoms with Crippen molar-refractivity contribution in [2.75, 3.05) is 12.4 Å². The van der Waals surface area contributed by atoms with Crippen LogP contribution in [0.4, 0.5) is 15.3 Å². The van der Waals surface area contributed by atoms with Crippen molar-refractivity contribution < 1.29 is 14.3 Å². The zero-order chi connectivity index (χ0) is 26.9. The van der Waals surface area contributed by atoms with E-state index in [2.05, 4.69) is 40.2 Å². The molecule has 0 unspecified atom stereocenters. The molecule has 0 atom stereocenters. The van der Waals surface area contributed by atoms with E-state index in [-0.39, 0.29) is 6.03 Å². The predicted molar refractivity (Wildman–Crippen MR) is 149 cm³/mol. The van der Waals surface area contributed by atoms with E-state index in [0.717, 1.165) is 53.0 Å². The van der Waals surface area contributed by atoms with Crippen LogP contribution in [0.5, 0.6) is 0 Å². The Bertz CT molecular complexity index is 1470. The van der Waals surface area contributed by atoms with Crippen LogP contribution in [-0.4, -0.2) is 34.2 Å². The molecule has 2 aromatic carbocycles. The number of ether oxygens (including phenoxy) is 1. The number of hydrogen-bond acceptors (Lipinski definition) is 4. The fourth-order valence-electron chi connectivity index (χ4n) is 4.85. The van der Waals surface area contributed by atoms with Gasteiger partial charge in [-0.15, -0.1) is 0 Å². The van der Waals surface area contributed by atoms with Crippen molar-refractivity contribution in [2.24, 2.45) is 0 Å². The van der Waals surface area contributed by atoms with Crippen molar-refractivity contribution in [3.8, 4) is 22.5 Å². The second-order valence-electron chi connectivity index (χ2n) is 10.7. The monoisotopic (exact) mass is 511 g/mol. The number of imidazole rings is 1. The average molecular weight is 512 g/mol. The highest BCUT2D eigenvalue weighted by Crippen LogP contribution is 2.42. The number of alkyl carbamates (subject to hydrolysis) is 1. The van der Waals surface area contributed by atoms with Gasteiger partial charge in [0, 0.05) is 24.4 Å². The molecule has 5 rings (SSSR count). The first-order valence-electron chi connectivity index (χ1n) is 12.9. The van der Waals surface area contributed by atoms with E-state index in [1.54, 1.807) is 7.05 Å². The highest BCUT2D eigenvalue weighted by atomic mass is 16.6. The second-order valence-corrected chi connectivity index (χ2v) is 10.7. The van der Waals surface area contributed by atoms with E-state index in [4.69, 9.17) is 9.72 Å². The van der Waals surface area contributed by atoms with Gasteiger partial charge in [0.1, 0.15) is 11.2 Å². The third kappa shape index (κ3) is 5.07. The maximum atomic E-state index is 12.6. The van der Waals surface area contributed by atoms with E-state index < -0.39 is 17.2 Å². The fraction of sp³-hybridized carbons (Fsp3) is 0.300. The summed E-state index contributed by atoms with van der Waals surface area (Å²) in [6, 6.07) is 21.8. The Hall–Kier alpha value is -4.33. The van der Waals surface area contributed by atoms with Crippen LogP contribution in [0.1, 0.15) is 45.6 Å². The molecule has 1 aliphatic rings. The molecule has 3 N–H and O–H groups in total. The quantitative estimate of drug-likeness (QED) is 0.292. The maximum Gasteiger partial charge on any atom is 0.408 e. The van der Waals surface area contributed by atoms with Crippen LogP contribution in [0.2, 0.25) is 0 Å². The Kier molecular flexibility index (Phi) is 6.57. The Morgan fingerprint density at radius 1 is 0.947 bits per heavy atom. The SMILES string of the molecule is CNC(=O)Nc1ccc2nc(-c3ccc(C4(NC(=O)OC(C)(C)C)CCC4)cc3)c(-c3ccccc3)n2c1. The highest BCUT2D eigenvalue weighted by Gasteiger charge is 2.41. The van der Waals surface area contributed by atoms with Crippen molar-refractivity contribution in [3.63, 3.8) is 0 Å². The van der Waals surface area contributed by atoms with Crippen molar-refractivity contribution in [2.45, 2.75) is 51.2 Å². The number of fused-ring (bicyclic) bond motifs is 1. The fourth-order valence-corrected chi connectivity index (χ4v) is 4.85. The van der Waals surface area contributed by atoms with Gasteiger partial charge < -0.3 is 20.7 Å². The zero-order valence-corrected chi connectivity index (χ0v) is 22.2. The van der Waals surface area contributed by atoms with Gasteiger partial charge in [-0.3, -0.25) is 4.40 Å². The van der Waals surface area contributed by atoms with Gasteiger partial charge in [-0.05, 0) is 57.7 Å². The van der Waals surface area contributed by atoms with Gasteiger partial charge in [0.2, 0.25) is 0 Å². The molecule has 38 heavy (non-hydrogen) atoms. The van der Waals surface area contributed by atoms with E-state index in [0.29, 0.717) is 5.69 Å². The Morgan fingerprint density at radius 3 is 2.26 bits per heavy atom. The number of rotatable bonds is 5. The van der Waals surface area contributed by atoms with E-state index in [9.17, 15) is 9.59 Å². The summed E-state index contributed by atoms with van der Waals surface area (Å²) in [6.45, 7) is 5.60. The molecule has 1 fully saturated rings. The number of nitrogens with zero attached hydrogens (tertiary/aromatic N) is 2. The van der Waals surface area contributed by atoms with Crippen LogP contribution in [-0.2, 0) is 10.3 Å². The van der Waals surface area contributed by atoms with Gasteiger partial charge >= 0.3 is 12.1 Å². The van der Waals surface area contributed by atoms with Crippen LogP contribution in [0.15, 0.2) is 72.9 Å². The van der Waals surface area contributed by atoms with Crippen molar-refractivity contribution in [1.82, 2.24) is 20.0 Å². The summed E-state index contributed by atoms with van der Waals surface area (Å²) in [6.07, 6.45) is 4.28. The van der Waals surface area contributed by atoms with Crippen LogP contribution in [0.3, 0.4) is 0 Å². The normalized spacial score (nSPS) is 14.4. The molecule has 0 saturated heterocycles. The summed E-state index contributed by atoms with van der Waals surface area (Å²) in [5.74, 6) is 0. The lowest BCUT2D eigenvalue weighted by atomic mass is 9.71. The van der Waals surface area contributed by atoms with Gasteiger partial charge in [0.15, 0.2) is 0 Å². The van der Waals surface area contributed by atoms with Crippen LogP contribution >= 0.6 is 0 Å². The lowest BCUT2D eigenvalue weighted by Gasteiger charge is -2.43. The van der Waals surface area contributed by atoms with E-state index in [1.165, 1.54) is 0 Å². The minimum Gasteiger partial charge on any atom is -0.444 e. The number of benzene rings is 2. The van der Waals surface area contributed by atoms with Gasteiger partial charge in [-0.25, -0.2) is 14.6 Å². The molecule has 0 radical (unpaired) electrons. The molecule has 1 aliphatic carbocycles. The first kappa shape index (κ1) is 25.3. The minimum absolute atomic E-state index is 0.286. The Morgan fingerprint density at radius 2 is 1.66 bits per heavy atom. The first-order chi connectivity index (χ1) is 18.2. The zero-order valence-electron chi connectivity index (χ0n) is 22.2. The van der Waals surface area contributed by atoms with Crippen molar-refractivity contribution in [1.29, 1.82) is 0 Å². The van der Waals surface area contributed by atoms with Gasteiger partial charge in [-0.2, -0.15) is 0 Å². The average Bonchev–Trinajstić information content (AvgIpc) is 3.24. The molecule has 0 aliphatic heterocycles. The number of carbonyl (C=O) groups excluding carboxylic acids is 2. The van der Waals surface area contributed by atoms with Gasteiger partial charge in [0.25, 0.3) is 0 Å². The molecule has 8 heteroatoms. The summed E-state index contributed by atoms with van der Waals surface area (Å²) in [4.78, 5) is 29.4. The summed E-state index contributed by atoms with van der Waals surface area (Å²) in [5.41, 5.74) is 5.26. The standard InChI is InChI=1S/C30H33N5O3/c1-29(2,3)38-28(37)34-30(17-8-18-30)22-13-11-20(12-14-22)25-26(21-9-6-5-7-10-21)35-19-23(32-27(36)31-4)15-16-24(35)33-25/h5-7,9-16,19H,8,17-18H2,1-4H3,(H,34,37)(H2,31,32,36). The summed E-state index contributed by atoms with van der Waals surface area (Å²) < 4.78 is 7.53. The lowest BCUT2D eigenvalue weighted by Crippen LogP contribution is -2.52. The number of amides is 3. The van der Waals surface area contributed by atoms with Crippen molar-refractivity contribution >= 4 is 23.5 Å². The molecule has 0 spiro atoms. The second kappa shape index (κ2) is 9.85. The maximum absolute atomic E-state index is 12.6. The number of pyridine rings is 1. The van der Waals surface area contributed by atoms with Gasteiger partial charge in [-0.1, -0.05) is 54.6 Å². The molecule has 2 heterocycles. The van der Waals surface area contributed by atoms with E-state index in [1.807, 2.05) is 73.8 Å². The molecule has 2 aromatic heterocycles. The molecule has 0 bridgehead atoms. The molecule has 3 amide bonds. The summed E-state index contributed by atoms with van der Waals surface area (Å²) in [5, 5.41) is 8.54. The molecule has 8 nitrogen and oxygen atoms in total. The number of carbonyl (C=O) groups is 2. The molecular formula is C30H33N5O3. The van der Waals surface area contributed by atoms with Crippen LogP contribution in [0.25, 0.3) is 28.2 Å². The molecule has 196 valence electrons. The molecular weight excluding hydrogens is 478 g/mol. The topological polar surface area (TPSA) is 96.8 Å². The number of aromatic nitrogens is 2. The smallest absolute Gasteiger partial charge is 0.408 e. The van der Waals surface area contributed by atoms with Crippen LogP contribution < -0.4 is 16.0 Å². The lowest BCUT2D eigenvalue weighted by molar-refractivity contribution is 0.0377. The Labute approximate surface area is 222 Å². The number of urea groups is 1. The largest absolute Gasteiger partial charge is 0.444 e. The minimum atomic E-state index is -0.550. The van der Waals surface area contributed by atoms with Crippen LogP contribution in [0, 0.1) is 0 Å². The summed E-state index contributed by atoms with van der Waals surface area (Å²) >= 11 is 0. The predicted octanol–water partition coefficient (Wildman–Crippen LogP) is 6.32. The molecule has 4 aromatic rings. The number of anilines is 1. The number of nitrogens with one attached hydrogen (secondary N) is 3. The highest BCUT2D eigenvalue weighted by molar-refractivity contribution is 5.89. The Balaban J connectivity index is 1.52. The van der Waals surface area contributed by atoms with Crippen molar-refractivity contribution in [3.05, 3.63) is 78.5 Å². The number of hydrogen-bond donors (Lipinski definition) is 3. The summed E-state index contributed by atoms with van der Waals surface area (Å²) in [7, 11) is 1.58. The van der Waals surface area contributed by atoms with E-state index >= 15 is 0 Å². The third-order valence-corrected chi connectivity index (χ3v) is 6.81. The molecule has 1 saturated carbocycles. The third-order valence-electron chi connectivity index (χ3n) is 6.81.